The number of hydrogen-bond donors (Lipinski definition) is 1. The maximum atomic E-state index is 12.8. The Morgan fingerprint density at radius 2 is 1.73 bits per heavy atom. The first-order valence-electron chi connectivity index (χ1n) is 6.85. The van der Waals surface area contributed by atoms with Crippen LogP contribution in [0.25, 0.3) is 0 Å². The van der Waals surface area contributed by atoms with Gasteiger partial charge in [0.05, 0.1) is 0 Å². The normalized spacial score (nSPS) is 11.2. The van der Waals surface area contributed by atoms with Crippen LogP contribution in [0.4, 0.5) is 4.39 Å². The molecule has 0 aromatic heterocycles. The van der Waals surface area contributed by atoms with Crippen molar-refractivity contribution in [3.63, 3.8) is 0 Å². The third-order valence-corrected chi connectivity index (χ3v) is 3.13. The highest BCUT2D eigenvalue weighted by Gasteiger charge is 2.14. The molecule has 0 saturated heterocycles. The quantitative estimate of drug-likeness (QED) is 0.385. The van der Waals surface area contributed by atoms with Crippen LogP contribution in [0.1, 0.15) is 17.5 Å². The van der Waals surface area contributed by atoms with Crippen molar-refractivity contribution in [2.75, 3.05) is 0 Å². The third kappa shape index (κ3) is 4.70. The Kier molecular flexibility index (Phi) is 5.65. The molecule has 0 aliphatic heterocycles. The first-order chi connectivity index (χ1) is 10.7. The molecule has 2 aromatic rings. The summed E-state index contributed by atoms with van der Waals surface area (Å²) in [5, 5.41) is 11.9. The largest absolute Gasteiger partial charge is 0.456 e. The van der Waals surface area contributed by atoms with Gasteiger partial charge in [0, 0.05) is 6.42 Å². The van der Waals surface area contributed by atoms with Crippen LogP contribution in [0, 0.1) is 5.82 Å². The summed E-state index contributed by atoms with van der Waals surface area (Å²) in [7, 11) is 0. The summed E-state index contributed by atoms with van der Waals surface area (Å²) in [6, 6.07) is 15.2. The lowest BCUT2D eigenvalue weighted by Crippen LogP contribution is -2.18. The Morgan fingerprint density at radius 1 is 1.05 bits per heavy atom. The van der Waals surface area contributed by atoms with E-state index in [0.29, 0.717) is 6.42 Å². The van der Waals surface area contributed by atoms with E-state index in [0.717, 1.165) is 11.1 Å². The van der Waals surface area contributed by atoms with Crippen molar-refractivity contribution in [1.82, 2.24) is 0 Å². The Labute approximate surface area is 127 Å². The first kappa shape index (κ1) is 15.7. The predicted molar refractivity (Wildman–Crippen MR) is 80.2 cm³/mol. The van der Waals surface area contributed by atoms with Crippen molar-refractivity contribution in [1.29, 1.82) is 0 Å². The van der Waals surface area contributed by atoms with Crippen LogP contribution in [-0.4, -0.2) is 16.9 Å². The zero-order valence-electron chi connectivity index (χ0n) is 11.9. The molecule has 0 spiro atoms. The highest BCUT2D eigenvalue weighted by Crippen LogP contribution is 2.08. The molecule has 1 N–H and O–H groups in total. The van der Waals surface area contributed by atoms with Crippen LogP contribution in [0.5, 0.6) is 0 Å². The van der Waals surface area contributed by atoms with E-state index in [1.807, 2.05) is 30.3 Å². The van der Waals surface area contributed by atoms with Crippen LogP contribution in [0.15, 0.2) is 59.8 Å². The summed E-state index contributed by atoms with van der Waals surface area (Å²) in [4.78, 5) is 11.8. The highest BCUT2D eigenvalue weighted by molar-refractivity contribution is 6.36. The molecule has 0 aliphatic carbocycles. The van der Waals surface area contributed by atoms with Gasteiger partial charge in [-0.15, -0.1) is 0 Å². The number of ether oxygens (including phenoxy) is 1. The summed E-state index contributed by atoms with van der Waals surface area (Å²) >= 11 is 0. The summed E-state index contributed by atoms with van der Waals surface area (Å²) in [5.74, 6) is -0.976. The summed E-state index contributed by atoms with van der Waals surface area (Å²) in [6.07, 6.45) is 0.676. The van der Waals surface area contributed by atoms with E-state index in [1.165, 1.54) is 12.1 Å². The Morgan fingerprint density at radius 3 is 2.36 bits per heavy atom. The lowest BCUT2D eigenvalue weighted by molar-refractivity contribution is -0.137. The zero-order chi connectivity index (χ0) is 15.8. The van der Waals surface area contributed by atoms with Gasteiger partial charge in [-0.2, -0.15) is 0 Å². The van der Waals surface area contributed by atoms with Crippen molar-refractivity contribution in [2.24, 2.45) is 5.16 Å². The summed E-state index contributed by atoms with van der Waals surface area (Å²) in [5.41, 5.74) is 1.64. The number of halogens is 1. The van der Waals surface area contributed by atoms with Gasteiger partial charge < -0.3 is 9.94 Å². The van der Waals surface area contributed by atoms with Gasteiger partial charge in [-0.1, -0.05) is 47.6 Å². The Bertz CT molecular complexity index is 639. The highest BCUT2D eigenvalue weighted by atomic mass is 19.1. The van der Waals surface area contributed by atoms with E-state index in [-0.39, 0.29) is 24.6 Å². The van der Waals surface area contributed by atoms with Crippen molar-refractivity contribution in [2.45, 2.75) is 19.4 Å². The number of rotatable bonds is 6. The molecule has 0 unspecified atom stereocenters. The molecule has 5 heteroatoms. The molecule has 4 nitrogen and oxygen atoms in total. The van der Waals surface area contributed by atoms with Crippen LogP contribution < -0.4 is 0 Å². The third-order valence-electron chi connectivity index (χ3n) is 3.13. The molecule has 114 valence electrons. The fourth-order valence-electron chi connectivity index (χ4n) is 1.91. The maximum Gasteiger partial charge on any atom is 0.356 e. The molecule has 0 bridgehead atoms. The van der Waals surface area contributed by atoms with Crippen LogP contribution in [0.2, 0.25) is 0 Å². The number of esters is 1. The Balaban J connectivity index is 1.85. The molecule has 0 atom stereocenters. The van der Waals surface area contributed by atoms with E-state index in [2.05, 4.69) is 5.16 Å². The minimum Gasteiger partial charge on any atom is -0.456 e. The van der Waals surface area contributed by atoms with E-state index in [9.17, 15) is 9.18 Å². The standard InChI is InChI=1S/C17H16FNO3/c18-15-9-6-13(7-10-15)8-11-16(19-21)17(20)22-12-14-4-2-1-3-5-14/h1-7,9-10,21H,8,11-12H2/b19-16+. The van der Waals surface area contributed by atoms with Gasteiger partial charge in [0.25, 0.3) is 0 Å². The van der Waals surface area contributed by atoms with Gasteiger partial charge in [-0.25, -0.2) is 9.18 Å². The molecule has 0 heterocycles. The van der Waals surface area contributed by atoms with Gasteiger partial charge in [0.15, 0.2) is 5.71 Å². The second-order valence-electron chi connectivity index (χ2n) is 4.73. The van der Waals surface area contributed by atoms with E-state index >= 15 is 0 Å². The first-order valence-corrected chi connectivity index (χ1v) is 6.85. The molecular weight excluding hydrogens is 285 g/mol. The topological polar surface area (TPSA) is 58.9 Å². The van der Waals surface area contributed by atoms with Crippen LogP contribution in [-0.2, 0) is 22.6 Å². The van der Waals surface area contributed by atoms with E-state index in [4.69, 9.17) is 9.94 Å². The molecule has 22 heavy (non-hydrogen) atoms. The van der Waals surface area contributed by atoms with E-state index < -0.39 is 5.97 Å². The van der Waals surface area contributed by atoms with Gasteiger partial charge in [0.1, 0.15) is 12.4 Å². The fraction of sp³-hybridized carbons (Fsp3) is 0.176. The van der Waals surface area contributed by atoms with Crippen LogP contribution >= 0.6 is 0 Å². The molecule has 0 amide bonds. The average Bonchev–Trinajstić information content (AvgIpc) is 2.56. The molecular formula is C17H16FNO3. The molecule has 2 aromatic carbocycles. The second-order valence-corrected chi connectivity index (χ2v) is 4.73. The Hall–Kier alpha value is -2.69. The SMILES string of the molecule is O=C(OCc1ccccc1)/C(CCc1ccc(F)cc1)=N/O. The number of nitrogens with zero attached hydrogens (tertiary/aromatic N) is 1. The monoisotopic (exact) mass is 301 g/mol. The molecule has 0 radical (unpaired) electrons. The van der Waals surface area contributed by atoms with Gasteiger partial charge in [-0.05, 0) is 29.7 Å². The van der Waals surface area contributed by atoms with Gasteiger partial charge >= 0.3 is 5.97 Å². The fourth-order valence-corrected chi connectivity index (χ4v) is 1.91. The zero-order valence-corrected chi connectivity index (χ0v) is 11.9. The van der Waals surface area contributed by atoms with Crippen molar-refractivity contribution in [3.05, 3.63) is 71.5 Å². The number of carbonyl (C=O) groups is 1. The van der Waals surface area contributed by atoms with Crippen LogP contribution in [0.3, 0.4) is 0 Å². The summed E-state index contributed by atoms with van der Waals surface area (Å²) < 4.78 is 17.9. The summed E-state index contributed by atoms with van der Waals surface area (Å²) in [6.45, 7) is 0.120. The minimum atomic E-state index is -0.659. The molecule has 2 rings (SSSR count). The number of oxime groups is 1. The average molecular weight is 301 g/mol. The maximum absolute atomic E-state index is 12.8. The lowest BCUT2D eigenvalue weighted by atomic mass is 10.1. The number of aryl methyl sites for hydroxylation is 1. The molecule has 0 saturated carbocycles. The van der Waals surface area contributed by atoms with Crippen molar-refractivity contribution in [3.8, 4) is 0 Å². The molecule has 0 aliphatic rings. The molecule has 0 fully saturated rings. The van der Waals surface area contributed by atoms with Gasteiger partial charge in [-0.3, -0.25) is 0 Å². The van der Waals surface area contributed by atoms with Crippen molar-refractivity contribution >= 4 is 11.7 Å². The second kappa shape index (κ2) is 7.93. The van der Waals surface area contributed by atoms with Gasteiger partial charge in [0.2, 0.25) is 0 Å². The number of carbonyl (C=O) groups excluding carboxylic acids is 1. The minimum absolute atomic E-state index is 0.0553. The van der Waals surface area contributed by atoms with Crippen molar-refractivity contribution < 1.29 is 19.1 Å². The smallest absolute Gasteiger partial charge is 0.356 e. The lowest BCUT2D eigenvalue weighted by Gasteiger charge is -2.06. The number of benzene rings is 2. The predicted octanol–water partition coefficient (Wildman–Crippen LogP) is 3.33. The number of hydrogen-bond acceptors (Lipinski definition) is 4. The van der Waals surface area contributed by atoms with E-state index in [1.54, 1.807) is 12.1 Å².